The maximum absolute atomic E-state index is 14.1. The zero-order chi connectivity index (χ0) is 20.6. The van der Waals surface area contributed by atoms with Gasteiger partial charge in [-0.2, -0.15) is 0 Å². The van der Waals surface area contributed by atoms with Crippen molar-refractivity contribution >= 4 is 12.3 Å². The molecule has 0 heterocycles. The minimum Gasteiger partial charge on any atom is -0.460 e. The van der Waals surface area contributed by atoms with E-state index in [9.17, 15) is 27.2 Å². The Balaban J connectivity index is 2.29. The standard InChI is InChI=1S/C19H20F4O4/c1-10(6-24)5-19(9-18(19,2)3)17(25)27-8-12-15(22)13(20)11(7-26-4)14(21)16(12)23/h5-6H,7-9H2,1-4H3/b10-5+. The quantitative estimate of drug-likeness (QED) is 0.233. The van der Waals surface area contributed by atoms with Crippen molar-refractivity contribution in [3.63, 3.8) is 0 Å². The van der Waals surface area contributed by atoms with Crippen LogP contribution >= 0.6 is 0 Å². The molecule has 2 rings (SSSR count). The van der Waals surface area contributed by atoms with Gasteiger partial charge < -0.3 is 9.47 Å². The van der Waals surface area contributed by atoms with Crippen LogP contribution in [0.25, 0.3) is 0 Å². The van der Waals surface area contributed by atoms with Crippen molar-refractivity contribution in [3.8, 4) is 0 Å². The van der Waals surface area contributed by atoms with E-state index < -0.39 is 64.4 Å². The fourth-order valence-corrected chi connectivity index (χ4v) is 3.12. The normalized spacial score (nSPS) is 21.1. The first-order valence-corrected chi connectivity index (χ1v) is 8.17. The maximum Gasteiger partial charge on any atom is 0.316 e. The summed E-state index contributed by atoms with van der Waals surface area (Å²) in [5.74, 6) is -7.30. The smallest absolute Gasteiger partial charge is 0.316 e. The van der Waals surface area contributed by atoms with Crippen molar-refractivity contribution in [1.29, 1.82) is 0 Å². The lowest BCUT2D eigenvalue weighted by Gasteiger charge is -2.17. The molecule has 0 aliphatic heterocycles. The molecular formula is C19H20F4O4. The van der Waals surface area contributed by atoms with E-state index in [1.807, 2.05) is 0 Å². The molecule has 1 unspecified atom stereocenters. The van der Waals surface area contributed by atoms with Crippen LogP contribution in [0.4, 0.5) is 17.6 Å². The predicted molar refractivity (Wildman–Crippen MR) is 87.4 cm³/mol. The van der Waals surface area contributed by atoms with Crippen LogP contribution in [-0.4, -0.2) is 19.4 Å². The molecule has 1 aliphatic rings. The second-order valence-electron chi connectivity index (χ2n) is 7.26. The van der Waals surface area contributed by atoms with Crippen molar-refractivity contribution < 1.29 is 36.6 Å². The van der Waals surface area contributed by atoms with Gasteiger partial charge in [-0.1, -0.05) is 19.9 Å². The fourth-order valence-electron chi connectivity index (χ4n) is 3.12. The van der Waals surface area contributed by atoms with Gasteiger partial charge in [0.1, 0.15) is 12.9 Å². The number of methoxy groups -OCH3 is 1. The molecule has 0 amide bonds. The summed E-state index contributed by atoms with van der Waals surface area (Å²) < 4.78 is 65.6. The van der Waals surface area contributed by atoms with Crippen molar-refractivity contribution in [3.05, 3.63) is 46.0 Å². The van der Waals surface area contributed by atoms with Gasteiger partial charge in [-0.3, -0.25) is 9.59 Å². The van der Waals surface area contributed by atoms with Gasteiger partial charge in [-0.05, 0) is 24.3 Å². The van der Waals surface area contributed by atoms with Crippen LogP contribution in [0.3, 0.4) is 0 Å². The van der Waals surface area contributed by atoms with E-state index in [0.29, 0.717) is 18.3 Å². The maximum atomic E-state index is 14.1. The molecule has 0 radical (unpaired) electrons. The highest BCUT2D eigenvalue weighted by atomic mass is 19.2. The van der Waals surface area contributed by atoms with Gasteiger partial charge in [0, 0.05) is 7.11 Å². The van der Waals surface area contributed by atoms with Gasteiger partial charge in [0.15, 0.2) is 23.3 Å². The van der Waals surface area contributed by atoms with Crippen LogP contribution in [-0.2, 0) is 32.3 Å². The minimum absolute atomic E-state index is 0.302. The highest BCUT2D eigenvalue weighted by Crippen LogP contribution is 2.65. The fraction of sp³-hybridized carbons (Fsp3) is 0.474. The number of allylic oxidation sites excluding steroid dienone is 1. The summed E-state index contributed by atoms with van der Waals surface area (Å²) in [5, 5.41) is 0. The van der Waals surface area contributed by atoms with E-state index >= 15 is 0 Å². The number of aldehydes is 1. The number of hydrogen-bond acceptors (Lipinski definition) is 4. The summed E-state index contributed by atoms with van der Waals surface area (Å²) in [6.45, 7) is 3.41. The molecule has 0 N–H and O–H groups in total. The highest BCUT2D eigenvalue weighted by molar-refractivity contribution is 5.86. The first-order chi connectivity index (χ1) is 12.5. The van der Waals surface area contributed by atoms with Crippen molar-refractivity contribution in [1.82, 2.24) is 0 Å². The number of carbonyl (C=O) groups is 2. The third-order valence-electron chi connectivity index (χ3n) is 4.91. The Hall–Kier alpha value is -2.22. The average Bonchev–Trinajstić information content (AvgIpc) is 3.18. The Morgan fingerprint density at radius 2 is 1.48 bits per heavy atom. The van der Waals surface area contributed by atoms with Crippen molar-refractivity contribution in [2.45, 2.75) is 40.4 Å². The molecule has 1 aromatic carbocycles. The summed E-state index contributed by atoms with van der Waals surface area (Å²) in [6.07, 6.45) is 2.38. The minimum atomic E-state index is -1.64. The lowest BCUT2D eigenvalue weighted by Crippen LogP contribution is -2.23. The third kappa shape index (κ3) is 3.63. The average molecular weight is 388 g/mol. The largest absolute Gasteiger partial charge is 0.460 e. The molecule has 0 bridgehead atoms. The van der Waals surface area contributed by atoms with Crippen LogP contribution in [0.1, 0.15) is 38.3 Å². The summed E-state index contributed by atoms with van der Waals surface area (Å²) in [4.78, 5) is 23.4. The topological polar surface area (TPSA) is 52.6 Å². The lowest BCUT2D eigenvalue weighted by molar-refractivity contribution is -0.151. The molecule has 1 atom stereocenters. The highest BCUT2D eigenvalue weighted by Gasteiger charge is 2.66. The Morgan fingerprint density at radius 1 is 1.04 bits per heavy atom. The SMILES string of the molecule is COCc1c(F)c(F)c(COC(=O)C2(/C=C(\C)C=O)CC2(C)C)c(F)c1F. The number of ether oxygens (including phenoxy) is 2. The second-order valence-corrected chi connectivity index (χ2v) is 7.26. The van der Waals surface area contributed by atoms with E-state index in [-0.39, 0.29) is 0 Å². The Kier molecular flexibility index (Phi) is 5.79. The Bertz CT molecular complexity index is 787. The molecule has 0 spiro atoms. The molecule has 148 valence electrons. The van der Waals surface area contributed by atoms with E-state index in [1.54, 1.807) is 13.8 Å². The lowest BCUT2D eigenvalue weighted by atomic mass is 9.93. The van der Waals surface area contributed by atoms with E-state index in [0.717, 1.165) is 7.11 Å². The molecule has 0 saturated heterocycles. The van der Waals surface area contributed by atoms with Crippen LogP contribution in [0.15, 0.2) is 11.6 Å². The second kappa shape index (κ2) is 7.42. The van der Waals surface area contributed by atoms with Gasteiger partial charge in [-0.25, -0.2) is 17.6 Å². The van der Waals surface area contributed by atoms with Gasteiger partial charge in [0.05, 0.1) is 23.1 Å². The number of rotatable bonds is 7. The van der Waals surface area contributed by atoms with Gasteiger partial charge in [0.25, 0.3) is 0 Å². The molecular weight excluding hydrogens is 368 g/mol. The van der Waals surface area contributed by atoms with E-state index in [4.69, 9.17) is 4.74 Å². The van der Waals surface area contributed by atoms with E-state index in [2.05, 4.69) is 4.74 Å². The third-order valence-corrected chi connectivity index (χ3v) is 4.91. The predicted octanol–water partition coefficient (Wildman–Crippen LogP) is 3.99. The number of benzene rings is 1. The zero-order valence-corrected chi connectivity index (χ0v) is 15.4. The van der Waals surface area contributed by atoms with Crippen LogP contribution in [0, 0.1) is 34.1 Å². The van der Waals surface area contributed by atoms with Crippen molar-refractivity contribution in [2.24, 2.45) is 10.8 Å². The molecule has 1 saturated carbocycles. The van der Waals surface area contributed by atoms with Gasteiger partial charge >= 0.3 is 5.97 Å². The summed E-state index contributed by atoms with van der Waals surface area (Å²) >= 11 is 0. The monoisotopic (exact) mass is 388 g/mol. The van der Waals surface area contributed by atoms with Gasteiger partial charge in [0.2, 0.25) is 0 Å². The molecule has 8 heteroatoms. The summed E-state index contributed by atoms with van der Waals surface area (Å²) in [6, 6.07) is 0. The molecule has 1 aliphatic carbocycles. The number of hydrogen-bond donors (Lipinski definition) is 0. The molecule has 4 nitrogen and oxygen atoms in total. The molecule has 1 fully saturated rings. The van der Waals surface area contributed by atoms with Crippen LogP contribution in [0.2, 0.25) is 0 Å². The van der Waals surface area contributed by atoms with Crippen molar-refractivity contribution in [2.75, 3.05) is 7.11 Å². The zero-order valence-electron chi connectivity index (χ0n) is 15.4. The number of carbonyl (C=O) groups excluding carboxylic acids is 2. The first kappa shape index (κ1) is 21.1. The van der Waals surface area contributed by atoms with Crippen LogP contribution in [0.5, 0.6) is 0 Å². The number of halogens is 4. The Morgan fingerprint density at radius 3 is 1.85 bits per heavy atom. The number of esters is 1. The van der Waals surface area contributed by atoms with E-state index in [1.165, 1.54) is 13.0 Å². The Labute approximate surface area is 154 Å². The van der Waals surface area contributed by atoms with Gasteiger partial charge in [-0.15, -0.1) is 0 Å². The molecule has 0 aromatic heterocycles. The van der Waals surface area contributed by atoms with Crippen LogP contribution < -0.4 is 0 Å². The first-order valence-electron chi connectivity index (χ1n) is 8.17. The molecule has 1 aromatic rings. The summed E-state index contributed by atoms with van der Waals surface area (Å²) in [7, 11) is 1.12. The molecule has 27 heavy (non-hydrogen) atoms. The summed E-state index contributed by atoms with van der Waals surface area (Å²) in [5.41, 5.74) is -3.26.